The molecule has 0 aliphatic carbocycles. The Hall–Kier alpha value is -2.04. The Kier molecular flexibility index (Phi) is 3.82. The number of hydrogen-bond acceptors (Lipinski definition) is 5. The van der Waals surface area contributed by atoms with Crippen molar-refractivity contribution < 1.29 is 4.52 Å². The van der Waals surface area contributed by atoms with Crippen molar-refractivity contribution in [1.82, 2.24) is 10.1 Å². The maximum atomic E-state index is 5.12. The standard InChI is InChI=1S/C13H18N4O/c1-4-14-12-6-5-7-13(16-12)15-8-11-9(2)17-18-10(11)3/h5-7H,4,8H2,1-3H3,(H2,14,15,16). The highest BCUT2D eigenvalue weighted by Gasteiger charge is 2.08. The van der Waals surface area contributed by atoms with E-state index in [0.29, 0.717) is 6.54 Å². The Morgan fingerprint density at radius 2 is 1.89 bits per heavy atom. The van der Waals surface area contributed by atoms with Crippen molar-refractivity contribution in [3.05, 3.63) is 35.2 Å². The SMILES string of the molecule is CCNc1cccc(NCc2c(C)noc2C)n1. The van der Waals surface area contributed by atoms with E-state index in [1.54, 1.807) is 0 Å². The quantitative estimate of drug-likeness (QED) is 0.849. The highest BCUT2D eigenvalue weighted by Crippen LogP contribution is 2.15. The molecule has 0 saturated heterocycles. The van der Waals surface area contributed by atoms with Crippen molar-refractivity contribution in [2.24, 2.45) is 0 Å². The van der Waals surface area contributed by atoms with Gasteiger partial charge in [-0.2, -0.15) is 0 Å². The van der Waals surface area contributed by atoms with Gasteiger partial charge in [0, 0.05) is 18.7 Å². The summed E-state index contributed by atoms with van der Waals surface area (Å²) >= 11 is 0. The molecule has 0 unspecified atom stereocenters. The minimum absolute atomic E-state index is 0.670. The van der Waals surface area contributed by atoms with Crippen LogP contribution in [0, 0.1) is 13.8 Å². The molecule has 0 fully saturated rings. The molecular formula is C13H18N4O. The van der Waals surface area contributed by atoms with Crippen molar-refractivity contribution in [2.75, 3.05) is 17.2 Å². The molecule has 0 aromatic carbocycles. The van der Waals surface area contributed by atoms with E-state index in [4.69, 9.17) is 4.52 Å². The molecule has 0 radical (unpaired) electrons. The number of anilines is 2. The molecule has 2 N–H and O–H groups in total. The monoisotopic (exact) mass is 246 g/mol. The third-order valence-electron chi connectivity index (χ3n) is 2.73. The van der Waals surface area contributed by atoms with Crippen LogP contribution >= 0.6 is 0 Å². The fourth-order valence-electron chi connectivity index (χ4n) is 1.75. The highest BCUT2D eigenvalue weighted by molar-refractivity contribution is 5.45. The number of nitrogens with one attached hydrogen (secondary N) is 2. The van der Waals surface area contributed by atoms with E-state index < -0.39 is 0 Å². The molecule has 0 aliphatic heterocycles. The number of aromatic nitrogens is 2. The first-order valence-electron chi connectivity index (χ1n) is 6.07. The van der Waals surface area contributed by atoms with E-state index in [1.807, 2.05) is 39.0 Å². The summed E-state index contributed by atoms with van der Waals surface area (Å²) in [5.41, 5.74) is 2.01. The van der Waals surface area contributed by atoms with Crippen LogP contribution in [0.25, 0.3) is 0 Å². The summed E-state index contributed by atoms with van der Waals surface area (Å²) in [5.74, 6) is 2.57. The summed E-state index contributed by atoms with van der Waals surface area (Å²) in [6, 6.07) is 5.87. The van der Waals surface area contributed by atoms with Crippen LogP contribution in [0.15, 0.2) is 22.7 Å². The Morgan fingerprint density at radius 1 is 1.17 bits per heavy atom. The molecule has 0 aliphatic rings. The molecule has 96 valence electrons. The predicted octanol–water partition coefficient (Wildman–Crippen LogP) is 2.73. The van der Waals surface area contributed by atoms with E-state index in [1.165, 1.54) is 0 Å². The smallest absolute Gasteiger partial charge is 0.138 e. The van der Waals surface area contributed by atoms with Crippen LogP contribution in [-0.2, 0) is 6.54 Å². The fraction of sp³-hybridized carbons (Fsp3) is 0.385. The molecular weight excluding hydrogens is 228 g/mol. The van der Waals surface area contributed by atoms with Gasteiger partial charge in [0.05, 0.1) is 5.69 Å². The summed E-state index contributed by atoms with van der Waals surface area (Å²) in [6.07, 6.45) is 0. The Labute approximate surface area is 107 Å². The van der Waals surface area contributed by atoms with Gasteiger partial charge in [-0.3, -0.25) is 0 Å². The molecule has 2 aromatic rings. The second kappa shape index (κ2) is 5.53. The van der Waals surface area contributed by atoms with Gasteiger partial charge >= 0.3 is 0 Å². The molecule has 0 atom stereocenters. The van der Waals surface area contributed by atoms with Crippen LogP contribution < -0.4 is 10.6 Å². The maximum absolute atomic E-state index is 5.12. The highest BCUT2D eigenvalue weighted by atomic mass is 16.5. The molecule has 5 heteroatoms. The van der Waals surface area contributed by atoms with Crippen LogP contribution in [0.1, 0.15) is 23.9 Å². The zero-order valence-corrected chi connectivity index (χ0v) is 10.9. The number of hydrogen-bond donors (Lipinski definition) is 2. The lowest BCUT2D eigenvalue weighted by molar-refractivity contribution is 0.392. The van der Waals surface area contributed by atoms with Gasteiger partial charge in [-0.05, 0) is 32.9 Å². The third kappa shape index (κ3) is 2.80. The molecule has 5 nitrogen and oxygen atoms in total. The summed E-state index contributed by atoms with van der Waals surface area (Å²) < 4.78 is 5.12. The lowest BCUT2D eigenvalue weighted by atomic mass is 10.2. The molecule has 0 bridgehead atoms. The Bertz CT molecular complexity index is 502. The van der Waals surface area contributed by atoms with Crippen molar-refractivity contribution in [3.8, 4) is 0 Å². The van der Waals surface area contributed by atoms with Gasteiger partial charge in [0.2, 0.25) is 0 Å². The second-order valence-corrected chi connectivity index (χ2v) is 4.09. The van der Waals surface area contributed by atoms with Gasteiger partial charge in [-0.1, -0.05) is 11.2 Å². The van der Waals surface area contributed by atoms with Crippen LogP contribution in [0.5, 0.6) is 0 Å². The van der Waals surface area contributed by atoms with Crippen molar-refractivity contribution in [3.63, 3.8) is 0 Å². The maximum Gasteiger partial charge on any atom is 0.138 e. The van der Waals surface area contributed by atoms with Gasteiger partial charge in [-0.25, -0.2) is 4.98 Å². The summed E-state index contributed by atoms with van der Waals surface area (Å²) in [6.45, 7) is 7.44. The Balaban J connectivity index is 2.04. The van der Waals surface area contributed by atoms with E-state index in [0.717, 1.165) is 35.2 Å². The summed E-state index contributed by atoms with van der Waals surface area (Å²) in [4.78, 5) is 4.45. The van der Waals surface area contributed by atoms with Crippen LogP contribution in [-0.4, -0.2) is 16.7 Å². The van der Waals surface area contributed by atoms with Gasteiger partial charge in [-0.15, -0.1) is 0 Å². The lowest BCUT2D eigenvalue weighted by Crippen LogP contribution is -2.05. The van der Waals surface area contributed by atoms with Crippen LogP contribution in [0.2, 0.25) is 0 Å². The zero-order valence-electron chi connectivity index (χ0n) is 10.9. The average molecular weight is 246 g/mol. The van der Waals surface area contributed by atoms with Crippen LogP contribution in [0.4, 0.5) is 11.6 Å². The number of rotatable bonds is 5. The number of nitrogens with zero attached hydrogens (tertiary/aromatic N) is 2. The van der Waals surface area contributed by atoms with Gasteiger partial charge in [0.25, 0.3) is 0 Å². The number of pyridine rings is 1. The van der Waals surface area contributed by atoms with Crippen molar-refractivity contribution in [1.29, 1.82) is 0 Å². The molecule has 2 heterocycles. The summed E-state index contributed by atoms with van der Waals surface area (Å²) in [7, 11) is 0. The second-order valence-electron chi connectivity index (χ2n) is 4.09. The largest absolute Gasteiger partial charge is 0.370 e. The topological polar surface area (TPSA) is 63.0 Å². The van der Waals surface area contributed by atoms with E-state index in [-0.39, 0.29) is 0 Å². The first-order chi connectivity index (χ1) is 8.70. The van der Waals surface area contributed by atoms with E-state index in [9.17, 15) is 0 Å². The Morgan fingerprint density at radius 3 is 2.50 bits per heavy atom. The van der Waals surface area contributed by atoms with E-state index in [2.05, 4.69) is 20.8 Å². The zero-order chi connectivity index (χ0) is 13.0. The van der Waals surface area contributed by atoms with Gasteiger partial charge in [0.15, 0.2) is 0 Å². The average Bonchev–Trinajstić information content (AvgIpc) is 2.68. The van der Waals surface area contributed by atoms with Crippen molar-refractivity contribution in [2.45, 2.75) is 27.3 Å². The fourth-order valence-corrected chi connectivity index (χ4v) is 1.75. The van der Waals surface area contributed by atoms with Crippen molar-refractivity contribution >= 4 is 11.6 Å². The van der Waals surface area contributed by atoms with Gasteiger partial charge in [0.1, 0.15) is 17.4 Å². The summed E-state index contributed by atoms with van der Waals surface area (Å²) in [5, 5.41) is 10.4. The predicted molar refractivity (Wildman–Crippen MR) is 71.7 cm³/mol. The molecule has 0 amide bonds. The molecule has 2 aromatic heterocycles. The molecule has 0 spiro atoms. The van der Waals surface area contributed by atoms with E-state index >= 15 is 0 Å². The number of aryl methyl sites for hydroxylation is 2. The van der Waals surface area contributed by atoms with Crippen LogP contribution in [0.3, 0.4) is 0 Å². The normalized spacial score (nSPS) is 10.4. The molecule has 0 saturated carbocycles. The molecule has 18 heavy (non-hydrogen) atoms. The van der Waals surface area contributed by atoms with Gasteiger partial charge < -0.3 is 15.2 Å². The minimum Gasteiger partial charge on any atom is -0.370 e. The molecule has 2 rings (SSSR count). The first kappa shape index (κ1) is 12.4. The lowest BCUT2D eigenvalue weighted by Gasteiger charge is -2.07. The third-order valence-corrected chi connectivity index (χ3v) is 2.73. The first-order valence-corrected chi connectivity index (χ1v) is 6.07. The minimum atomic E-state index is 0.670.